The van der Waals surface area contributed by atoms with Gasteiger partial charge in [-0.25, -0.2) is 10.2 Å². The van der Waals surface area contributed by atoms with E-state index in [2.05, 4.69) is 22.1 Å². The van der Waals surface area contributed by atoms with Crippen molar-refractivity contribution in [1.82, 2.24) is 18.7 Å². The minimum absolute atomic E-state index is 0.0462. The normalized spacial score (nSPS) is 11.7. The van der Waals surface area contributed by atoms with E-state index in [1.807, 2.05) is 0 Å². The number of hydrogen-bond acceptors (Lipinski definition) is 7. The molecular formula is C19H21N7O4. The van der Waals surface area contributed by atoms with Gasteiger partial charge in [0, 0.05) is 38.3 Å². The number of hydrazone groups is 1. The average molecular weight is 411 g/mol. The first-order valence-electron chi connectivity index (χ1n) is 8.97. The Hall–Kier alpha value is -4.02. The molecule has 3 aromatic rings. The number of nitrogens with one attached hydrogen (secondary N) is 1. The van der Waals surface area contributed by atoms with E-state index in [9.17, 15) is 19.7 Å². The second kappa shape index (κ2) is 7.78. The lowest BCUT2D eigenvalue weighted by molar-refractivity contribution is -0.384. The van der Waals surface area contributed by atoms with Crippen LogP contribution in [-0.2, 0) is 20.6 Å². The van der Waals surface area contributed by atoms with Crippen LogP contribution >= 0.6 is 0 Å². The summed E-state index contributed by atoms with van der Waals surface area (Å²) in [5, 5.41) is 15.3. The number of hydrogen-bond donors (Lipinski definition) is 1. The molecule has 0 bridgehead atoms. The number of nitrogens with zero attached hydrogens (tertiary/aromatic N) is 6. The highest BCUT2D eigenvalue weighted by molar-refractivity contribution is 5.99. The molecule has 0 saturated carbocycles. The Morgan fingerprint density at radius 3 is 2.60 bits per heavy atom. The van der Waals surface area contributed by atoms with Crippen molar-refractivity contribution in [2.24, 2.45) is 19.2 Å². The molecule has 3 rings (SSSR count). The zero-order valence-corrected chi connectivity index (χ0v) is 17.0. The molecule has 0 atom stereocenters. The van der Waals surface area contributed by atoms with Crippen molar-refractivity contribution in [3.05, 3.63) is 72.9 Å². The molecule has 0 fully saturated rings. The molecule has 0 aliphatic rings. The van der Waals surface area contributed by atoms with E-state index in [-0.39, 0.29) is 29.3 Å². The summed E-state index contributed by atoms with van der Waals surface area (Å²) < 4.78 is 3.90. The lowest BCUT2D eigenvalue weighted by Gasteiger charge is -2.09. The maximum absolute atomic E-state index is 12.7. The van der Waals surface area contributed by atoms with Gasteiger partial charge in [0.2, 0.25) is 5.95 Å². The van der Waals surface area contributed by atoms with Crippen molar-refractivity contribution in [2.45, 2.75) is 20.4 Å². The van der Waals surface area contributed by atoms with Crippen molar-refractivity contribution in [3.63, 3.8) is 0 Å². The fourth-order valence-corrected chi connectivity index (χ4v) is 3.00. The van der Waals surface area contributed by atoms with Crippen molar-refractivity contribution in [3.8, 4) is 0 Å². The van der Waals surface area contributed by atoms with E-state index in [1.165, 1.54) is 30.8 Å². The Labute approximate surface area is 170 Å². The molecule has 2 heterocycles. The third-order valence-electron chi connectivity index (χ3n) is 4.57. The molecule has 0 radical (unpaired) electrons. The summed E-state index contributed by atoms with van der Waals surface area (Å²) >= 11 is 0. The second-order valence-electron chi connectivity index (χ2n) is 6.97. The maximum atomic E-state index is 12.7. The summed E-state index contributed by atoms with van der Waals surface area (Å²) in [6, 6.07) is 6.08. The Morgan fingerprint density at radius 2 is 1.97 bits per heavy atom. The minimum Gasteiger partial charge on any atom is -0.299 e. The molecule has 11 nitrogen and oxygen atoms in total. The Morgan fingerprint density at radius 1 is 1.27 bits per heavy atom. The molecule has 0 saturated heterocycles. The monoisotopic (exact) mass is 411 g/mol. The molecule has 11 heteroatoms. The van der Waals surface area contributed by atoms with Crippen LogP contribution in [0.25, 0.3) is 11.2 Å². The Kier molecular flexibility index (Phi) is 5.37. The predicted octanol–water partition coefficient (Wildman–Crippen LogP) is 1.75. The highest BCUT2D eigenvalue weighted by Crippen LogP contribution is 2.18. The van der Waals surface area contributed by atoms with Crippen LogP contribution in [0.4, 0.5) is 11.6 Å². The van der Waals surface area contributed by atoms with Crippen LogP contribution in [0.3, 0.4) is 0 Å². The van der Waals surface area contributed by atoms with Gasteiger partial charge in [0.25, 0.3) is 11.2 Å². The number of aryl methyl sites for hydroxylation is 1. The van der Waals surface area contributed by atoms with Crippen molar-refractivity contribution >= 4 is 28.5 Å². The topological polar surface area (TPSA) is 129 Å². The molecule has 30 heavy (non-hydrogen) atoms. The largest absolute Gasteiger partial charge is 0.332 e. The van der Waals surface area contributed by atoms with Crippen LogP contribution < -0.4 is 16.7 Å². The van der Waals surface area contributed by atoms with Crippen LogP contribution in [0.5, 0.6) is 0 Å². The Bertz CT molecular complexity index is 1330. The lowest BCUT2D eigenvalue weighted by atomic mass is 10.1. The predicted molar refractivity (Wildman–Crippen MR) is 114 cm³/mol. The van der Waals surface area contributed by atoms with Crippen LogP contribution in [0.15, 0.2) is 51.1 Å². The number of rotatable bonds is 6. The quantitative estimate of drug-likeness (QED) is 0.285. The zero-order chi connectivity index (χ0) is 22.2. The van der Waals surface area contributed by atoms with Crippen molar-refractivity contribution in [2.75, 3.05) is 5.43 Å². The van der Waals surface area contributed by atoms with Crippen LogP contribution in [-0.4, -0.2) is 29.3 Å². The van der Waals surface area contributed by atoms with E-state index < -0.39 is 16.2 Å². The van der Waals surface area contributed by atoms with Gasteiger partial charge in [0.1, 0.15) is 0 Å². The fraction of sp³-hybridized carbons (Fsp3) is 0.263. The molecule has 0 spiro atoms. The van der Waals surface area contributed by atoms with Crippen LogP contribution in [0.1, 0.15) is 19.4 Å². The lowest BCUT2D eigenvalue weighted by Crippen LogP contribution is -2.37. The molecule has 1 N–H and O–H groups in total. The number of allylic oxidation sites excluding steroid dienone is 1. The van der Waals surface area contributed by atoms with Gasteiger partial charge in [-0.3, -0.25) is 28.6 Å². The highest BCUT2D eigenvalue weighted by Gasteiger charge is 2.19. The number of non-ortho nitro benzene ring substituents is 1. The molecular weight excluding hydrogens is 390 g/mol. The van der Waals surface area contributed by atoms with Crippen LogP contribution in [0.2, 0.25) is 0 Å². The number of aromatic nitrogens is 4. The van der Waals surface area contributed by atoms with Gasteiger partial charge in [-0.05, 0) is 13.8 Å². The molecule has 0 unspecified atom stereocenters. The first kappa shape index (κ1) is 20.7. The van der Waals surface area contributed by atoms with Gasteiger partial charge in [0.05, 0.1) is 10.6 Å². The standard InChI is InChI=1S/C19H21N7O4/c1-11(2)10-25-15-16(23(4)19(28)24(5)17(15)27)20-18(25)22-21-12(3)13-7-6-8-14(9-13)26(29)30/h6-9H,1,10H2,2-5H3,(H,20,22)/b21-12+. The van der Waals surface area contributed by atoms with Crippen LogP contribution in [0, 0.1) is 10.1 Å². The SMILES string of the molecule is C=C(C)Cn1c(N/N=C(\C)c2cccc([N+](=O)[O-])c2)nc2c1c(=O)n(C)c(=O)n2C. The van der Waals surface area contributed by atoms with E-state index >= 15 is 0 Å². The third-order valence-corrected chi connectivity index (χ3v) is 4.57. The van der Waals surface area contributed by atoms with Gasteiger partial charge in [-0.2, -0.15) is 10.1 Å². The fourth-order valence-electron chi connectivity index (χ4n) is 3.00. The Balaban J connectivity index is 2.12. The number of nitro groups is 1. The van der Waals surface area contributed by atoms with Gasteiger partial charge < -0.3 is 0 Å². The number of imidazole rings is 1. The summed E-state index contributed by atoms with van der Waals surface area (Å²) in [6.45, 7) is 7.67. The molecule has 0 amide bonds. The summed E-state index contributed by atoms with van der Waals surface area (Å²) in [5.41, 5.74) is 4.07. The summed E-state index contributed by atoms with van der Waals surface area (Å²) in [7, 11) is 2.93. The molecule has 1 aromatic carbocycles. The maximum Gasteiger partial charge on any atom is 0.332 e. The first-order chi connectivity index (χ1) is 14.1. The van der Waals surface area contributed by atoms with E-state index in [0.717, 1.165) is 10.1 Å². The molecule has 156 valence electrons. The van der Waals surface area contributed by atoms with Gasteiger partial charge in [-0.15, -0.1) is 0 Å². The highest BCUT2D eigenvalue weighted by atomic mass is 16.6. The average Bonchev–Trinajstić information content (AvgIpc) is 3.06. The first-order valence-corrected chi connectivity index (χ1v) is 8.97. The summed E-state index contributed by atoms with van der Waals surface area (Å²) in [6.07, 6.45) is 0. The number of nitro benzene ring substituents is 1. The minimum atomic E-state index is -0.490. The smallest absolute Gasteiger partial charge is 0.299 e. The van der Waals surface area contributed by atoms with Crippen molar-refractivity contribution < 1.29 is 4.92 Å². The van der Waals surface area contributed by atoms with E-state index in [4.69, 9.17) is 0 Å². The third kappa shape index (κ3) is 3.64. The number of fused-ring (bicyclic) bond motifs is 1. The number of benzene rings is 1. The summed E-state index contributed by atoms with van der Waals surface area (Å²) in [5.74, 6) is 0.246. The molecule has 0 aliphatic carbocycles. The second-order valence-corrected chi connectivity index (χ2v) is 6.97. The number of anilines is 1. The summed E-state index contributed by atoms with van der Waals surface area (Å²) in [4.78, 5) is 39.8. The van der Waals surface area contributed by atoms with Gasteiger partial charge in [-0.1, -0.05) is 24.3 Å². The molecule has 0 aliphatic heterocycles. The zero-order valence-electron chi connectivity index (χ0n) is 17.0. The van der Waals surface area contributed by atoms with Crippen molar-refractivity contribution in [1.29, 1.82) is 0 Å². The van der Waals surface area contributed by atoms with Gasteiger partial charge >= 0.3 is 5.69 Å². The van der Waals surface area contributed by atoms with E-state index in [0.29, 0.717) is 11.3 Å². The van der Waals surface area contributed by atoms with Gasteiger partial charge in [0.15, 0.2) is 11.2 Å². The molecule has 2 aromatic heterocycles. The van der Waals surface area contributed by atoms with E-state index in [1.54, 1.807) is 30.5 Å².